The molecule has 5 heteroatoms. The summed E-state index contributed by atoms with van der Waals surface area (Å²) in [6.45, 7) is 0.594. The summed E-state index contributed by atoms with van der Waals surface area (Å²) in [6.07, 6.45) is 1.60. The molecule has 2 aromatic carbocycles. The van der Waals surface area contributed by atoms with Gasteiger partial charge >= 0.3 is 0 Å². The van der Waals surface area contributed by atoms with Gasteiger partial charge in [-0.15, -0.1) is 0 Å². The number of hydrogen-bond donors (Lipinski definition) is 1. The van der Waals surface area contributed by atoms with Crippen molar-refractivity contribution < 1.29 is 4.79 Å². The first kappa shape index (κ1) is 16.7. The van der Waals surface area contributed by atoms with Gasteiger partial charge in [0.25, 0.3) is 5.91 Å². The minimum Gasteiger partial charge on any atom is -0.366 e. The van der Waals surface area contributed by atoms with Crippen molar-refractivity contribution >= 4 is 11.7 Å². The van der Waals surface area contributed by atoms with Crippen molar-refractivity contribution in [3.63, 3.8) is 0 Å². The SMILES string of the molecule is O=C(c1ccccn1)n1nc(-c2ccccc2)cc1NCc1ccccc1. The summed E-state index contributed by atoms with van der Waals surface area (Å²) < 4.78 is 1.38. The number of nitrogens with zero attached hydrogens (tertiary/aromatic N) is 3. The molecule has 0 bridgehead atoms. The third-order valence-electron chi connectivity index (χ3n) is 4.17. The van der Waals surface area contributed by atoms with Gasteiger partial charge < -0.3 is 5.32 Å². The first-order chi connectivity index (χ1) is 13.3. The number of hydrogen-bond acceptors (Lipinski definition) is 4. The Hall–Kier alpha value is -3.73. The zero-order chi connectivity index (χ0) is 18.5. The number of benzene rings is 2. The van der Waals surface area contributed by atoms with Crippen LogP contribution in [-0.2, 0) is 6.54 Å². The maximum Gasteiger partial charge on any atom is 0.298 e. The van der Waals surface area contributed by atoms with Gasteiger partial charge in [0.05, 0.1) is 5.69 Å². The van der Waals surface area contributed by atoms with Crippen LogP contribution in [0.5, 0.6) is 0 Å². The molecule has 4 aromatic rings. The molecule has 132 valence electrons. The Kier molecular flexibility index (Phi) is 4.74. The highest BCUT2D eigenvalue weighted by atomic mass is 16.2. The van der Waals surface area contributed by atoms with Gasteiger partial charge in [0, 0.05) is 24.4 Å². The van der Waals surface area contributed by atoms with Crippen LogP contribution in [0, 0.1) is 0 Å². The highest BCUT2D eigenvalue weighted by molar-refractivity contribution is 5.96. The van der Waals surface area contributed by atoms with E-state index in [2.05, 4.69) is 15.4 Å². The highest BCUT2D eigenvalue weighted by Crippen LogP contribution is 2.23. The fraction of sp³-hybridized carbons (Fsp3) is 0.0455. The van der Waals surface area contributed by atoms with Crippen molar-refractivity contribution in [2.45, 2.75) is 6.54 Å². The first-order valence-corrected chi connectivity index (χ1v) is 8.70. The van der Waals surface area contributed by atoms with Crippen LogP contribution in [0.3, 0.4) is 0 Å². The summed E-state index contributed by atoms with van der Waals surface area (Å²) >= 11 is 0. The lowest BCUT2D eigenvalue weighted by molar-refractivity contribution is 0.0943. The van der Waals surface area contributed by atoms with Gasteiger partial charge in [-0.2, -0.15) is 9.78 Å². The molecular formula is C22H18N4O. The third kappa shape index (κ3) is 3.77. The Bertz CT molecular complexity index is 1030. The van der Waals surface area contributed by atoms with E-state index in [1.54, 1.807) is 24.4 Å². The predicted molar refractivity (Wildman–Crippen MR) is 105 cm³/mol. The molecule has 0 unspecified atom stereocenters. The number of carbonyl (C=O) groups excluding carboxylic acids is 1. The van der Waals surface area contributed by atoms with Gasteiger partial charge in [-0.05, 0) is 17.7 Å². The van der Waals surface area contributed by atoms with Gasteiger partial charge in [-0.25, -0.2) is 0 Å². The van der Waals surface area contributed by atoms with Crippen LogP contribution in [0.25, 0.3) is 11.3 Å². The van der Waals surface area contributed by atoms with Gasteiger partial charge in [0.2, 0.25) is 0 Å². The molecule has 0 amide bonds. The van der Waals surface area contributed by atoms with Gasteiger partial charge in [0.15, 0.2) is 0 Å². The molecule has 2 aromatic heterocycles. The van der Waals surface area contributed by atoms with E-state index in [1.807, 2.05) is 66.7 Å². The number of rotatable bonds is 5. The highest BCUT2D eigenvalue weighted by Gasteiger charge is 2.17. The largest absolute Gasteiger partial charge is 0.366 e. The molecule has 5 nitrogen and oxygen atoms in total. The maximum atomic E-state index is 12.9. The minimum atomic E-state index is -0.270. The van der Waals surface area contributed by atoms with Crippen LogP contribution in [0.15, 0.2) is 91.1 Å². The smallest absolute Gasteiger partial charge is 0.298 e. The molecule has 0 aliphatic heterocycles. The lowest BCUT2D eigenvalue weighted by Gasteiger charge is -2.08. The molecule has 4 rings (SSSR count). The molecule has 0 aliphatic rings. The number of anilines is 1. The van der Waals surface area contributed by atoms with E-state index in [1.165, 1.54) is 4.68 Å². The fourth-order valence-corrected chi connectivity index (χ4v) is 2.80. The van der Waals surface area contributed by atoms with E-state index in [0.29, 0.717) is 18.1 Å². The lowest BCUT2D eigenvalue weighted by atomic mass is 10.1. The van der Waals surface area contributed by atoms with Crippen molar-refractivity contribution in [2.24, 2.45) is 0 Å². The summed E-state index contributed by atoms with van der Waals surface area (Å²) in [5.74, 6) is 0.363. The monoisotopic (exact) mass is 354 g/mol. The number of pyridine rings is 1. The van der Waals surface area contributed by atoms with Crippen LogP contribution >= 0.6 is 0 Å². The molecule has 0 saturated carbocycles. The maximum absolute atomic E-state index is 12.9. The second-order valence-electron chi connectivity index (χ2n) is 6.05. The average Bonchev–Trinajstić information content (AvgIpc) is 3.18. The second-order valence-corrected chi connectivity index (χ2v) is 6.05. The average molecular weight is 354 g/mol. The first-order valence-electron chi connectivity index (χ1n) is 8.70. The number of nitrogens with one attached hydrogen (secondary N) is 1. The van der Waals surface area contributed by atoms with Crippen molar-refractivity contribution in [3.8, 4) is 11.3 Å². The van der Waals surface area contributed by atoms with E-state index < -0.39 is 0 Å². The molecule has 2 heterocycles. The fourth-order valence-electron chi connectivity index (χ4n) is 2.80. The molecule has 0 fully saturated rings. The second kappa shape index (κ2) is 7.66. The zero-order valence-electron chi connectivity index (χ0n) is 14.6. The molecular weight excluding hydrogens is 336 g/mol. The van der Waals surface area contributed by atoms with Crippen molar-refractivity contribution in [2.75, 3.05) is 5.32 Å². The summed E-state index contributed by atoms with van der Waals surface area (Å²) in [7, 11) is 0. The topological polar surface area (TPSA) is 59.8 Å². The molecule has 0 atom stereocenters. The molecule has 27 heavy (non-hydrogen) atoms. The Labute approximate surface area is 157 Å². The van der Waals surface area contributed by atoms with Crippen molar-refractivity contribution in [1.82, 2.24) is 14.8 Å². The minimum absolute atomic E-state index is 0.270. The predicted octanol–water partition coefficient (Wildman–Crippen LogP) is 4.25. The van der Waals surface area contributed by atoms with Crippen LogP contribution in [-0.4, -0.2) is 20.7 Å². The summed E-state index contributed by atoms with van der Waals surface area (Å²) in [5.41, 5.74) is 3.16. The summed E-state index contributed by atoms with van der Waals surface area (Å²) in [6, 6.07) is 27.0. The molecule has 0 spiro atoms. The quantitative estimate of drug-likeness (QED) is 0.582. The van der Waals surface area contributed by atoms with Crippen molar-refractivity contribution in [3.05, 3.63) is 102 Å². The molecule has 0 saturated heterocycles. The van der Waals surface area contributed by atoms with Crippen molar-refractivity contribution in [1.29, 1.82) is 0 Å². The summed E-state index contributed by atoms with van der Waals surface area (Å²) in [5, 5.41) is 7.86. The third-order valence-corrected chi connectivity index (χ3v) is 4.17. The molecule has 0 radical (unpaired) electrons. The lowest BCUT2D eigenvalue weighted by Crippen LogP contribution is -2.18. The van der Waals surface area contributed by atoms with Gasteiger partial charge in [-0.3, -0.25) is 9.78 Å². The Balaban J connectivity index is 1.69. The van der Waals surface area contributed by atoms with E-state index in [-0.39, 0.29) is 5.91 Å². The number of carbonyl (C=O) groups is 1. The molecule has 0 aliphatic carbocycles. The Morgan fingerprint density at radius 2 is 1.59 bits per heavy atom. The Morgan fingerprint density at radius 1 is 0.889 bits per heavy atom. The van der Waals surface area contributed by atoms with E-state index in [9.17, 15) is 4.79 Å². The van der Waals surface area contributed by atoms with E-state index >= 15 is 0 Å². The van der Waals surface area contributed by atoms with Gasteiger partial charge in [-0.1, -0.05) is 66.7 Å². The number of aromatic nitrogens is 3. The summed E-state index contributed by atoms with van der Waals surface area (Å²) in [4.78, 5) is 17.1. The Morgan fingerprint density at radius 3 is 2.30 bits per heavy atom. The van der Waals surface area contributed by atoms with Gasteiger partial charge in [0.1, 0.15) is 11.5 Å². The standard InChI is InChI=1S/C22H18N4O/c27-22(19-13-7-8-14-23-19)26-21(24-16-17-9-3-1-4-10-17)15-20(25-26)18-11-5-2-6-12-18/h1-15,24H,16H2. The van der Waals surface area contributed by atoms with Crippen LogP contribution in [0.2, 0.25) is 0 Å². The normalized spacial score (nSPS) is 10.5. The van der Waals surface area contributed by atoms with E-state index in [4.69, 9.17) is 0 Å². The van der Waals surface area contributed by atoms with Crippen LogP contribution < -0.4 is 5.32 Å². The zero-order valence-corrected chi connectivity index (χ0v) is 14.6. The molecule has 1 N–H and O–H groups in total. The van der Waals surface area contributed by atoms with Crippen LogP contribution in [0.4, 0.5) is 5.82 Å². The van der Waals surface area contributed by atoms with Crippen LogP contribution in [0.1, 0.15) is 16.1 Å². The van der Waals surface area contributed by atoms with E-state index in [0.717, 1.165) is 16.8 Å².